The summed E-state index contributed by atoms with van der Waals surface area (Å²) in [5.74, 6) is -0.0437. The van der Waals surface area contributed by atoms with Gasteiger partial charge in [0.25, 0.3) is 0 Å². The number of hydrogen-bond acceptors (Lipinski definition) is 3. The van der Waals surface area contributed by atoms with Crippen LogP contribution in [0.25, 0.3) is 0 Å². The van der Waals surface area contributed by atoms with Gasteiger partial charge in [-0.3, -0.25) is 4.79 Å². The molecule has 1 heterocycles. The Kier molecular flexibility index (Phi) is 4.18. The fourth-order valence-electron chi connectivity index (χ4n) is 1.40. The van der Waals surface area contributed by atoms with Gasteiger partial charge < -0.3 is 15.2 Å². The van der Waals surface area contributed by atoms with Crippen LogP contribution in [-0.2, 0) is 9.53 Å². The van der Waals surface area contributed by atoms with Crippen LogP contribution in [0, 0.1) is 0 Å². The fraction of sp³-hybridized carbons (Fsp3) is 0.889. The van der Waals surface area contributed by atoms with E-state index in [-0.39, 0.29) is 24.7 Å². The number of carbonyl (C=O) groups is 1. The van der Waals surface area contributed by atoms with E-state index in [4.69, 9.17) is 9.84 Å². The highest BCUT2D eigenvalue weighted by atomic mass is 16.5. The quantitative estimate of drug-likeness (QED) is 0.611. The highest BCUT2D eigenvalue weighted by molar-refractivity contribution is 5.80. The summed E-state index contributed by atoms with van der Waals surface area (Å²) in [5, 5.41) is 11.2. The molecule has 4 heteroatoms. The lowest BCUT2D eigenvalue weighted by atomic mass is 10.2. The largest absolute Gasteiger partial charge is 0.396 e. The van der Waals surface area contributed by atoms with E-state index in [2.05, 4.69) is 5.32 Å². The van der Waals surface area contributed by atoms with Crippen molar-refractivity contribution in [2.75, 3.05) is 13.2 Å². The van der Waals surface area contributed by atoms with Crippen LogP contribution in [0.5, 0.6) is 0 Å². The molecular weight excluding hydrogens is 170 g/mol. The van der Waals surface area contributed by atoms with Gasteiger partial charge >= 0.3 is 0 Å². The van der Waals surface area contributed by atoms with Gasteiger partial charge in [0.1, 0.15) is 6.10 Å². The second kappa shape index (κ2) is 5.19. The molecule has 1 rings (SSSR count). The number of amides is 1. The zero-order valence-corrected chi connectivity index (χ0v) is 7.95. The predicted molar refractivity (Wildman–Crippen MR) is 48.3 cm³/mol. The van der Waals surface area contributed by atoms with Crippen molar-refractivity contribution in [1.82, 2.24) is 5.32 Å². The van der Waals surface area contributed by atoms with Crippen LogP contribution in [0.3, 0.4) is 0 Å². The number of carbonyl (C=O) groups excluding carboxylic acids is 1. The van der Waals surface area contributed by atoms with Crippen molar-refractivity contribution >= 4 is 5.91 Å². The molecule has 1 amide bonds. The second-order valence-electron chi connectivity index (χ2n) is 3.38. The molecule has 2 atom stereocenters. The van der Waals surface area contributed by atoms with E-state index in [0.717, 1.165) is 12.8 Å². The average molecular weight is 187 g/mol. The van der Waals surface area contributed by atoms with Gasteiger partial charge in [-0.15, -0.1) is 0 Å². The lowest BCUT2D eigenvalue weighted by Gasteiger charge is -2.10. The summed E-state index contributed by atoms with van der Waals surface area (Å²) in [5.41, 5.74) is 0. The SMILES string of the molecule is CC1CCC(C(=O)NCCCO)O1. The van der Waals surface area contributed by atoms with Crippen molar-refractivity contribution in [3.05, 3.63) is 0 Å². The highest BCUT2D eigenvalue weighted by Crippen LogP contribution is 2.18. The zero-order valence-electron chi connectivity index (χ0n) is 7.95. The summed E-state index contributed by atoms with van der Waals surface area (Å²) in [6.07, 6.45) is 2.31. The Morgan fingerprint density at radius 3 is 2.92 bits per heavy atom. The molecule has 0 spiro atoms. The van der Waals surface area contributed by atoms with E-state index in [1.807, 2.05) is 6.92 Å². The number of aliphatic hydroxyl groups is 1. The molecule has 0 aromatic rings. The summed E-state index contributed by atoms with van der Waals surface area (Å²) in [6, 6.07) is 0. The van der Waals surface area contributed by atoms with Gasteiger partial charge in [0.15, 0.2) is 0 Å². The first-order chi connectivity index (χ1) is 6.24. The van der Waals surface area contributed by atoms with Crippen LogP contribution in [0.2, 0.25) is 0 Å². The second-order valence-corrected chi connectivity index (χ2v) is 3.38. The standard InChI is InChI=1S/C9H17NO3/c1-7-3-4-8(13-7)9(12)10-5-2-6-11/h7-8,11H,2-6H2,1H3,(H,10,12). The molecule has 1 saturated heterocycles. The monoisotopic (exact) mass is 187 g/mol. The van der Waals surface area contributed by atoms with Gasteiger partial charge in [0.05, 0.1) is 6.10 Å². The third-order valence-corrected chi connectivity index (χ3v) is 2.16. The zero-order chi connectivity index (χ0) is 9.68. The van der Waals surface area contributed by atoms with Crippen molar-refractivity contribution < 1.29 is 14.6 Å². The van der Waals surface area contributed by atoms with E-state index in [1.54, 1.807) is 0 Å². The third kappa shape index (κ3) is 3.32. The van der Waals surface area contributed by atoms with Gasteiger partial charge in [-0.2, -0.15) is 0 Å². The van der Waals surface area contributed by atoms with E-state index in [0.29, 0.717) is 13.0 Å². The Hall–Kier alpha value is -0.610. The number of aliphatic hydroxyl groups excluding tert-OH is 1. The van der Waals surface area contributed by atoms with E-state index in [9.17, 15) is 4.79 Å². The lowest BCUT2D eigenvalue weighted by molar-refractivity contribution is -0.131. The van der Waals surface area contributed by atoms with Gasteiger partial charge in [-0.1, -0.05) is 0 Å². The number of rotatable bonds is 4. The highest BCUT2D eigenvalue weighted by Gasteiger charge is 2.27. The summed E-state index contributed by atoms with van der Waals surface area (Å²) in [7, 11) is 0. The summed E-state index contributed by atoms with van der Waals surface area (Å²) >= 11 is 0. The molecule has 1 aliphatic rings. The van der Waals surface area contributed by atoms with Gasteiger partial charge in [0.2, 0.25) is 5.91 Å². The molecule has 0 aromatic heterocycles. The van der Waals surface area contributed by atoms with Gasteiger partial charge in [-0.25, -0.2) is 0 Å². The summed E-state index contributed by atoms with van der Waals surface area (Å²) in [4.78, 5) is 11.3. The molecule has 1 aliphatic heterocycles. The Bertz CT molecular complexity index is 172. The van der Waals surface area contributed by atoms with Crippen LogP contribution in [-0.4, -0.2) is 36.4 Å². The normalized spacial score (nSPS) is 27.5. The van der Waals surface area contributed by atoms with E-state index in [1.165, 1.54) is 0 Å². The predicted octanol–water partition coefficient (Wildman–Crippen LogP) is 0.0525. The average Bonchev–Trinajstić information content (AvgIpc) is 2.52. The number of nitrogens with one attached hydrogen (secondary N) is 1. The fourth-order valence-corrected chi connectivity index (χ4v) is 1.40. The van der Waals surface area contributed by atoms with Crippen LogP contribution in [0.15, 0.2) is 0 Å². The Balaban J connectivity index is 2.16. The molecule has 4 nitrogen and oxygen atoms in total. The van der Waals surface area contributed by atoms with Crippen molar-refractivity contribution in [2.24, 2.45) is 0 Å². The van der Waals surface area contributed by atoms with Crippen LogP contribution in [0.1, 0.15) is 26.2 Å². The van der Waals surface area contributed by atoms with Gasteiger partial charge in [-0.05, 0) is 26.2 Å². The number of hydrogen-bond donors (Lipinski definition) is 2. The lowest BCUT2D eigenvalue weighted by Crippen LogP contribution is -2.35. The molecule has 0 saturated carbocycles. The number of ether oxygens (including phenoxy) is 1. The molecule has 0 aliphatic carbocycles. The van der Waals surface area contributed by atoms with Crippen LogP contribution < -0.4 is 5.32 Å². The third-order valence-electron chi connectivity index (χ3n) is 2.16. The molecule has 0 aromatic carbocycles. The molecule has 0 bridgehead atoms. The minimum atomic E-state index is -0.270. The molecule has 0 radical (unpaired) electrons. The van der Waals surface area contributed by atoms with Gasteiger partial charge in [0, 0.05) is 13.2 Å². The Morgan fingerprint density at radius 1 is 1.62 bits per heavy atom. The maximum absolute atomic E-state index is 11.3. The molecule has 2 unspecified atom stereocenters. The molecule has 13 heavy (non-hydrogen) atoms. The Morgan fingerprint density at radius 2 is 2.38 bits per heavy atom. The topological polar surface area (TPSA) is 58.6 Å². The molecule has 1 fully saturated rings. The minimum absolute atomic E-state index is 0.0437. The summed E-state index contributed by atoms with van der Waals surface area (Å²) in [6.45, 7) is 2.62. The first-order valence-electron chi connectivity index (χ1n) is 4.78. The Labute approximate surface area is 78.3 Å². The first kappa shape index (κ1) is 10.5. The van der Waals surface area contributed by atoms with Crippen molar-refractivity contribution in [3.63, 3.8) is 0 Å². The molecule has 76 valence electrons. The van der Waals surface area contributed by atoms with Crippen LogP contribution >= 0.6 is 0 Å². The van der Waals surface area contributed by atoms with E-state index >= 15 is 0 Å². The minimum Gasteiger partial charge on any atom is -0.396 e. The van der Waals surface area contributed by atoms with Crippen molar-refractivity contribution in [3.8, 4) is 0 Å². The molecular formula is C9H17NO3. The molecule has 2 N–H and O–H groups in total. The van der Waals surface area contributed by atoms with Crippen molar-refractivity contribution in [1.29, 1.82) is 0 Å². The van der Waals surface area contributed by atoms with Crippen LogP contribution in [0.4, 0.5) is 0 Å². The first-order valence-corrected chi connectivity index (χ1v) is 4.78. The summed E-state index contributed by atoms with van der Waals surface area (Å²) < 4.78 is 5.38. The van der Waals surface area contributed by atoms with Crippen molar-refractivity contribution in [2.45, 2.75) is 38.4 Å². The smallest absolute Gasteiger partial charge is 0.249 e. The maximum Gasteiger partial charge on any atom is 0.249 e. The maximum atomic E-state index is 11.3. The van der Waals surface area contributed by atoms with E-state index < -0.39 is 0 Å².